The maximum absolute atomic E-state index is 5.29. The molecule has 0 atom stereocenters. The molecular formula is C63H40N6. The van der Waals surface area contributed by atoms with Gasteiger partial charge in [-0.05, 0) is 71.8 Å². The Morgan fingerprint density at radius 1 is 0.246 bits per heavy atom. The number of aromatic nitrogens is 6. The maximum Gasteiger partial charge on any atom is 0.166 e. The molecule has 0 aliphatic heterocycles. The zero-order chi connectivity index (χ0) is 45.4. The quantitative estimate of drug-likeness (QED) is 0.160. The van der Waals surface area contributed by atoms with E-state index in [4.69, 9.17) is 15.0 Å². The highest BCUT2D eigenvalue weighted by Crippen LogP contribution is 2.45. The third-order valence-electron chi connectivity index (χ3n) is 13.7. The molecule has 0 saturated heterocycles. The molecule has 4 heterocycles. The molecule has 14 rings (SSSR count). The van der Waals surface area contributed by atoms with Gasteiger partial charge in [0.05, 0.1) is 50.2 Å². The van der Waals surface area contributed by atoms with E-state index >= 15 is 0 Å². The van der Waals surface area contributed by atoms with E-state index in [9.17, 15) is 0 Å². The Labute approximate surface area is 397 Å². The van der Waals surface area contributed by atoms with Crippen LogP contribution in [0.3, 0.4) is 0 Å². The van der Waals surface area contributed by atoms with Crippen LogP contribution in [0.1, 0.15) is 0 Å². The average Bonchev–Trinajstić information content (AvgIpc) is 4.07. The first-order chi connectivity index (χ1) is 34.3. The highest BCUT2D eigenvalue weighted by molar-refractivity contribution is 6.19. The average molecular weight is 881 g/mol. The van der Waals surface area contributed by atoms with Gasteiger partial charge in [-0.25, -0.2) is 15.0 Å². The molecule has 0 aliphatic carbocycles. The molecule has 0 bridgehead atoms. The summed E-state index contributed by atoms with van der Waals surface area (Å²) < 4.78 is 7.37. The summed E-state index contributed by atoms with van der Waals surface area (Å²) in [5.41, 5.74) is 15.0. The van der Waals surface area contributed by atoms with E-state index in [-0.39, 0.29) is 0 Å². The summed E-state index contributed by atoms with van der Waals surface area (Å²) in [4.78, 5) is 15.7. The maximum atomic E-state index is 5.29. The minimum atomic E-state index is 0.593. The van der Waals surface area contributed by atoms with Gasteiger partial charge in [0, 0.05) is 49.0 Å². The molecule has 0 fully saturated rings. The summed E-state index contributed by atoms with van der Waals surface area (Å²) in [7, 11) is 0. The molecule has 0 N–H and O–H groups in total. The van der Waals surface area contributed by atoms with Crippen molar-refractivity contribution in [3.8, 4) is 62.4 Å². The summed E-state index contributed by atoms with van der Waals surface area (Å²) in [5, 5.41) is 7.11. The lowest BCUT2D eigenvalue weighted by Crippen LogP contribution is -2.05. The van der Waals surface area contributed by atoms with Gasteiger partial charge in [0.1, 0.15) is 0 Å². The van der Waals surface area contributed by atoms with Gasteiger partial charge < -0.3 is 13.7 Å². The molecule has 0 unspecified atom stereocenters. The normalized spacial score (nSPS) is 11.8. The predicted octanol–water partition coefficient (Wildman–Crippen LogP) is 15.8. The fourth-order valence-electron chi connectivity index (χ4n) is 10.7. The van der Waals surface area contributed by atoms with Gasteiger partial charge in [-0.15, -0.1) is 0 Å². The van der Waals surface area contributed by atoms with Crippen LogP contribution in [0.25, 0.3) is 128 Å². The van der Waals surface area contributed by atoms with E-state index in [2.05, 4.69) is 220 Å². The number of benzene rings is 10. The number of para-hydroxylation sites is 5. The van der Waals surface area contributed by atoms with Crippen LogP contribution in [-0.2, 0) is 0 Å². The first-order valence-corrected chi connectivity index (χ1v) is 23.4. The minimum absolute atomic E-state index is 0.593. The predicted molar refractivity (Wildman–Crippen MR) is 285 cm³/mol. The van der Waals surface area contributed by atoms with E-state index < -0.39 is 0 Å². The lowest BCUT2D eigenvalue weighted by atomic mass is 10.0. The minimum Gasteiger partial charge on any atom is -0.309 e. The van der Waals surface area contributed by atoms with Crippen molar-refractivity contribution in [2.45, 2.75) is 0 Å². The van der Waals surface area contributed by atoms with Crippen LogP contribution in [0.4, 0.5) is 0 Å². The molecule has 6 heteroatoms. The van der Waals surface area contributed by atoms with Gasteiger partial charge >= 0.3 is 0 Å². The molecule has 0 spiro atoms. The van der Waals surface area contributed by atoms with Crippen molar-refractivity contribution < 1.29 is 0 Å². The van der Waals surface area contributed by atoms with E-state index in [1.807, 2.05) is 36.4 Å². The second-order valence-corrected chi connectivity index (χ2v) is 17.6. The molecular weight excluding hydrogens is 841 g/mol. The lowest BCUT2D eigenvalue weighted by Gasteiger charge is -2.17. The Morgan fingerprint density at radius 3 is 1.32 bits per heavy atom. The number of fused-ring (bicyclic) bond motifs is 9. The summed E-state index contributed by atoms with van der Waals surface area (Å²) in [6.07, 6.45) is 0. The Kier molecular flexibility index (Phi) is 8.79. The Hall–Kier alpha value is -9.39. The summed E-state index contributed by atoms with van der Waals surface area (Å²) in [5.74, 6) is 1.83. The monoisotopic (exact) mass is 880 g/mol. The topological polar surface area (TPSA) is 53.5 Å². The highest BCUT2D eigenvalue weighted by Gasteiger charge is 2.26. The molecule has 14 aromatic rings. The van der Waals surface area contributed by atoms with E-state index in [1.54, 1.807) is 0 Å². The summed E-state index contributed by atoms with van der Waals surface area (Å²) in [6, 6.07) is 86.4. The molecule has 6 nitrogen and oxygen atoms in total. The van der Waals surface area contributed by atoms with Gasteiger partial charge in [-0.3, -0.25) is 0 Å². The third-order valence-corrected chi connectivity index (χ3v) is 13.7. The fourth-order valence-corrected chi connectivity index (χ4v) is 10.7. The van der Waals surface area contributed by atoms with Crippen molar-refractivity contribution in [2.24, 2.45) is 0 Å². The van der Waals surface area contributed by atoms with E-state index in [1.165, 1.54) is 32.7 Å². The number of hydrogen-bond acceptors (Lipinski definition) is 3. The molecule has 322 valence electrons. The van der Waals surface area contributed by atoms with Gasteiger partial charge in [0.2, 0.25) is 0 Å². The van der Waals surface area contributed by atoms with Crippen LogP contribution < -0.4 is 0 Å². The van der Waals surface area contributed by atoms with E-state index in [0.717, 1.165) is 77.6 Å². The first kappa shape index (κ1) is 38.8. The first-order valence-electron chi connectivity index (χ1n) is 23.4. The van der Waals surface area contributed by atoms with Crippen molar-refractivity contribution in [1.82, 2.24) is 28.7 Å². The van der Waals surface area contributed by atoms with Gasteiger partial charge in [0.15, 0.2) is 17.5 Å². The number of hydrogen-bond donors (Lipinski definition) is 0. The lowest BCUT2D eigenvalue weighted by molar-refractivity contribution is 1.06. The van der Waals surface area contributed by atoms with Crippen LogP contribution in [-0.4, -0.2) is 28.7 Å². The second kappa shape index (κ2) is 15.6. The Morgan fingerprint density at radius 2 is 0.681 bits per heavy atom. The molecule has 0 amide bonds. The van der Waals surface area contributed by atoms with Crippen molar-refractivity contribution in [1.29, 1.82) is 0 Å². The smallest absolute Gasteiger partial charge is 0.166 e. The standard InChI is InChI=1S/C63H40N6/c1-4-20-41(21-5-1)44-38-39-55-50(40-44)47-28-12-16-33-53(47)67(55)56-35-19-36-57-59(56)49-30-18-37-58(68-51-31-14-10-26-45(51)46-27-11-15-32-52(46)68)60(49)69(57)54-34-17-13-29-48(54)63-65-61(42-22-6-2-7-23-42)64-62(66-63)43-24-8-3-9-25-43/h1-40H. The molecule has 10 aromatic carbocycles. The largest absolute Gasteiger partial charge is 0.309 e. The Balaban J connectivity index is 1.11. The molecule has 4 aromatic heterocycles. The number of rotatable bonds is 7. The fraction of sp³-hybridized carbons (Fsp3) is 0. The van der Waals surface area contributed by atoms with Crippen LogP contribution in [0.2, 0.25) is 0 Å². The van der Waals surface area contributed by atoms with Crippen molar-refractivity contribution in [2.75, 3.05) is 0 Å². The molecule has 69 heavy (non-hydrogen) atoms. The van der Waals surface area contributed by atoms with Crippen LogP contribution in [0, 0.1) is 0 Å². The summed E-state index contributed by atoms with van der Waals surface area (Å²) >= 11 is 0. The third kappa shape index (κ3) is 6.09. The van der Waals surface area contributed by atoms with Crippen LogP contribution in [0.15, 0.2) is 243 Å². The highest BCUT2D eigenvalue weighted by atomic mass is 15.1. The van der Waals surface area contributed by atoms with Crippen molar-refractivity contribution >= 4 is 65.4 Å². The van der Waals surface area contributed by atoms with Gasteiger partial charge in [0.25, 0.3) is 0 Å². The van der Waals surface area contributed by atoms with Crippen molar-refractivity contribution in [3.63, 3.8) is 0 Å². The zero-order valence-corrected chi connectivity index (χ0v) is 37.3. The van der Waals surface area contributed by atoms with Crippen molar-refractivity contribution in [3.05, 3.63) is 243 Å². The molecule has 0 saturated carbocycles. The van der Waals surface area contributed by atoms with Gasteiger partial charge in [-0.1, -0.05) is 182 Å². The summed E-state index contributed by atoms with van der Waals surface area (Å²) in [6.45, 7) is 0. The molecule has 0 radical (unpaired) electrons. The SMILES string of the molecule is c1ccc(-c2ccc3c(c2)c2ccccc2n3-c2cccc3c2c2cccc(-n4c5ccccc5c5ccccc54)c2n3-c2ccccc2-c2nc(-c3ccccc3)nc(-c3ccccc3)n2)cc1. The van der Waals surface area contributed by atoms with E-state index in [0.29, 0.717) is 17.5 Å². The van der Waals surface area contributed by atoms with Crippen LogP contribution in [0.5, 0.6) is 0 Å². The zero-order valence-electron chi connectivity index (χ0n) is 37.3. The van der Waals surface area contributed by atoms with Gasteiger partial charge in [-0.2, -0.15) is 0 Å². The van der Waals surface area contributed by atoms with Crippen LogP contribution >= 0.6 is 0 Å². The Bertz CT molecular complexity index is 4190. The second-order valence-electron chi connectivity index (χ2n) is 17.6. The number of nitrogens with zero attached hydrogens (tertiary/aromatic N) is 6. The molecule has 0 aliphatic rings.